The minimum absolute atomic E-state index is 0.0744. The van der Waals surface area contributed by atoms with Gasteiger partial charge in [-0.15, -0.1) is 5.73 Å². The van der Waals surface area contributed by atoms with Crippen molar-refractivity contribution < 1.29 is 23.6 Å². The molecule has 3 aromatic carbocycles. The standard InChI is InChI=1S/C44H50ClN2O4/c1-43(2)35-18-9-11-20-37(35)46(5)39(43)24-22-32-14-13-15-33(42(32)45)23-25-40-44(3,4)36-19-10-12-21-38(36)47(40)27-29-50-31-30-49-28-26-41(48)51-34-16-7-6-8-17-34/h6-12,16-24,33H,13-15,26-31H2,1-5H3/q+1/b24-22+. The Morgan fingerprint density at radius 2 is 1.57 bits per heavy atom. The number of hydrogen-bond donors (Lipinski definition) is 0. The molecule has 0 radical (unpaired) electrons. The van der Waals surface area contributed by atoms with Crippen LogP contribution in [-0.4, -0.2) is 56.3 Å². The van der Waals surface area contributed by atoms with Crippen LogP contribution in [0.2, 0.25) is 0 Å². The van der Waals surface area contributed by atoms with Gasteiger partial charge < -0.3 is 19.1 Å². The zero-order valence-corrected chi connectivity index (χ0v) is 31.3. The molecule has 0 saturated heterocycles. The Morgan fingerprint density at radius 3 is 2.33 bits per heavy atom. The van der Waals surface area contributed by atoms with Gasteiger partial charge in [0.1, 0.15) is 12.8 Å². The number of halogens is 1. The molecule has 51 heavy (non-hydrogen) atoms. The van der Waals surface area contributed by atoms with E-state index in [4.69, 9.17) is 25.8 Å². The Hall–Kier alpha value is -4.19. The number of fused-ring (bicyclic) bond motifs is 2. The summed E-state index contributed by atoms with van der Waals surface area (Å²) >= 11 is 7.17. The fourth-order valence-electron chi connectivity index (χ4n) is 7.59. The molecule has 0 aromatic heterocycles. The lowest BCUT2D eigenvalue weighted by Gasteiger charge is -2.26. The second-order valence-electron chi connectivity index (χ2n) is 14.5. The fourth-order valence-corrected chi connectivity index (χ4v) is 7.92. The summed E-state index contributed by atoms with van der Waals surface area (Å²) in [4.78, 5) is 14.4. The van der Waals surface area contributed by atoms with Crippen molar-refractivity contribution in [2.75, 3.05) is 44.9 Å². The van der Waals surface area contributed by atoms with Crippen LogP contribution < -0.4 is 9.64 Å². The third-order valence-corrected chi connectivity index (χ3v) is 10.9. The first-order chi connectivity index (χ1) is 24.6. The van der Waals surface area contributed by atoms with Crippen molar-refractivity contribution in [1.29, 1.82) is 0 Å². The number of carbonyl (C=O) groups is 1. The van der Waals surface area contributed by atoms with Gasteiger partial charge in [-0.2, -0.15) is 4.58 Å². The van der Waals surface area contributed by atoms with Crippen LogP contribution in [0.1, 0.15) is 64.5 Å². The van der Waals surface area contributed by atoms with Crippen molar-refractivity contribution in [3.8, 4) is 5.75 Å². The van der Waals surface area contributed by atoms with Crippen molar-refractivity contribution in [2.24, 2.45) is 5.92 Å². The minimum Gasteiger partial charge on any atom is -0.426 e. The second-order valence-corrected chi connectivity index (χ2v) is 14.9. The highest BCUT2D eigenvalue weighted by molar-refractivity contribution is 6.30. The summed E-state index contributed by atoms with van der Waals surface area (Å²) in [6.07, 6.45) is 9.96. The maximum absolute atomic E-state index is 12.0. The Bertz CT molecular complexity index is 1900. The average Bonchev–Trinajstić information content (AvgIpc) is 3.46. The number of para-hydroxylation sites is 3. The number of esters is 1. The summed E-state index contributed by atoms with van der Waals surface area (Å²) in [5.41, 5.74) is 12.1. The highest BCUT2D eigenvalue weighted by Gasteiger charge is 2.43. The van der Waals surface area contributed by atoms with Crippen LogP contribution in [-0.2, 0) is 25.1 Å². The number of carbonyl (C=O) groups excluding carboxylic acids is 1. The SMILES string of the molecule is C[N+]1=C(/C=C/C2=C(Cl)C(C=C=C3N(CCOCCOCCC(=O)Oc4ccccc4)c4ccccc4C3(C)C)CCC2)C(C)(C)c2ccccc21. The summed E-state index contributed by atoms with van der Waals surface area (Å²) in [6.45, 7) is 11.5. The van der Waals surface area contributed by atoms with Crippen LogP contribution in [0.25, 0.3) is 0 Å². The highest BCUT2D eigenvalue weighted by Crippen LogP contribution is 2.47. The number of nitrogens with zero attached hydrogens (tertiary/aromatic N) is 2. The molecule has 6 rings (SSSR count). The lowest BCUT2D eigenvalue weighted by atomic mass is 9.81. The molecule has 3 aliphatic rings. The molecule has 2 heterocycles. The van der Waals surface area contributed by atoms with E-state index in [1.54, 1.807) is 12.1 Å². The smallest absolute Gasteiger partial charge is 0.313 e. The Labute approximate surface area is 308 Å². The molecule has 0 spiro atoms. The van der Waals surface area contributed by atoms with E-state index < -0.39 is 0 Å². The first kappa shape index (κ1) is 36.6. The van der Waals surface area contributed by atoms with E-state index in [9.17, 15) is 4.79 Å². The number of ether oxygens (including phenoxy) is 3. The first-order valence-corrected chi connectivity index (χ1v) is 18.5. The molecule has 0 amide bonds. The molecule has 0 saturated carbocycles. The van der Waals surface area contributed by atoms with Crippen LogP contribution in [0.5, 0.6) is 5.75 Å². The number of benzene rings is 3. The number of hydrogen-bond acceptors (Lipinski definition) is 5. The van der Waals surface area contributed by atoms with Gasteiger partial charge in [-0.3, -0.25) is 4.79 Å². The molecular weight excluding hydrogens is 656 g/mol. The fraction of sp³-hybridized carbons (Fsp3) is 0.386. The van der Waals surface area contributed by atoms with E-state index in [0.29, 0.717) is 38.7 Å². The number of allylic oxidation sites excluding steroid dienone is 5. The van der Waals surface area contributed by atoms with Crippen LogP contribution in [0.15, 0.2) is 119 Å². The maximum atomic E-state index is 12.0. The zero-order chi connectivity index (χ0) is 36.0. The largest absolute Gasteiger partial charge is 0.426 e. The number of rotatable bonds is 13. The lowest BCUT2D eigenvalue weighted by Crippen LogP contribution is -2.29. The van der Waals surface area contributed by atoms with Gasteiger partial charge in [0.05, 0.1) is 44.0 Å². The predicted molar refractivity (Wildman–Crippen MR) is 206 cm³/mol. The molecule has 1 aliphatic carbocycles. The monoisotopic (exact) mass is 705 g/mol. The molecule has 3 aromatic rings. The van der Waals surface area contributed by atoms with Gasteiger partial charge in [0.25, 0.3) is 0 Å². The molecule has 2 aliphatic heterocycles. The van der Waals surface area contributed by atoms with Crippen molar-refractivity contribution in [1.82, 2.24) is 0 Å². The van der Waals surface area contributed by atoms with Gasteiger partial charge in [-0.05, 0) is 82.4 Å². The van der Waals surface area contributed by atoms with Gasteiger partial charge in [-0.25, -0.2) is 0 Å². The minimum atomic E-state index is -0.311. The molecule has 1 unspecified atom stereocenters. The van der Waals surface area contributed by atoms with E-state index in [1.165, 1.54) is 33.8 Å². The van der Waals surface area contributed by atoms with E-state index >= 15 is 0 Å². The molecule has 266 valence electrons. The Balaban J connectivity index is 1.09. The van der Waals surface area contributed by atoms with E-state index in [-0.39, 0.29) is 29.1 Å². The van der Waals surface area contributed by atoms with Crippen LogP contribution in [0.3, 0.4) is 0 Å². The third kappa shape index (κ3) is 8.00. The average molecular weight is 706 g/mol. The summed E-state index contributed by atoms with van der Waals surface area (Å²) in [7, 11) is 2.15. The zero-order valence-electron chi connectivity index (χ0n) is 30.6. The maximum Gasteiger partial charge on any atom is 0.313 e. The normalized spacial score (nSPS) is 19.0. The van der Waals surface area contributed by atoms with Gasteiger partial charge in [0.2, 0.25) is 5.69 Å². The first-order valence-electron chi connectivity index (χ1n) is 18.1. The molecule has 7 heteroatoms. The molecule has 6 nitrogen and oxygen atoms in total. The van der Waals surface area contributed by atoms with Gasteiger partial charge in [0.15, 0.2) is 5.71 Å². The van der Waals surface area contributed by atoms with Crippen molar-refractivity contribution in [3.63, 3.8) is 0 Å². The van der Waals surface area contributed by atoms with Gasteiger partial charge in [0, 0.05) is 46.3 Å². The highest BCUT2D eigenvalue weighted by atomic mass is 35.5. The molecule has 0 fully saturated rings. The predicted octanol–water partition coefficient (Wildman–Crippen LogP) is 9.41. The molecule has 0 N–H and O–H groups in total. The lowest BCUT2D eigenvalue weighted by molar-refractivity contribution is -0.401. The summed E-state index contributed by atoms with van der Waals surface area (Å²) in [5, 5.41) is 0.915. The van der Waals surface area contributed by atoms with Crippen molar-refractivity contribution in [2.45, 2.75) is 64.2 Å². The van der Waals surface area contributed by atoms with Crippen LogP contribution in [0, 0.1) is 5.92 Å². The van der Waals surface area contributed by atoms with E-state index in [0.717, 1.165) is 30.0 Å². The topological polar surface area (TPSA) is 51.0 Å². The Kier molecular flexibility index (Phi) is 11.5. The summed E-state index contributed by atoms with van der Waals surface area (Å²) < 4.78 is 19.2. The van der Waals surface area contributed by atoms with Gasteiger partial charge in [-0.1, -0.05) is 72.3 Å². The summed E-state index contributed by atoms with van der Waals surface area (Å²) in [5.74, 6) is 0.344. The number of anilines is 1. The Morgan fingerprint density at radius 1 is 0.882 bits per heavy atom. The molecule has 0 bridgehead atoms. The van der Waals surface area contributed by atoms with Crippen LogP contribution in [0.4, 0.5) is 11.4 Å². The van der Waals surface area contributed by atoms with Crippen LogP contribution >= 0.6 is 11.6 Å². The summed E-state index contributed by atoms with van der Waals surface area (Å²) in [6, 6.07) is 26.3. The van der Waals surface area contributed by atoms with Gasteiger partial charge >= 0.3 is 5.97 Å². The van der Waals surface area contributed by atoms with E-state index in [1.807, 2.05) is 18.2 Å². The quantitative estimate of drug-likeness (QED) is 0.0583. The molecule has 1 atom stereocenters. The molecular formula is C44H50ClN2O4+. The third-order valence-electron chi connectivity index (χ3n) is 10.4. The second kappa shape index (κ2) is 16.0. The van der Waals surface area contributed by atoms with Crippen molar-refractivity contribution >= 4 is 34.7 Å². The van der Waals surface area contributed by atoms with Crippen molar-refractivity contribution in [3.05, 3.63) is 130 Å². The van der Waals surface area contributed by atoms with E-state index in [2.05, 4.69) is 117 Å².